The molecule has 1 aliphatic rings. The molecule has 2 rings (SSSR count). The van der Waals surface area contributed by atoms with Gasteiger partial charge in [-0.25, -0.2) is 0 Å². The van der Waals surface area contributed by atoms with Crippen molar-refractivity contribution in [2.75, 3.05) is 38.2 Å². The Kier molecular flexibility index (Phi) is 5.43. The highest BCUT2D eigenvalue weighted by Crippen LogP contribution is 2.20. The summed E-state index contributed by atoms with van der Waals surface area (Å²) in [4.78, 5) is 24.3. The molecule has 2 amide bonds. The zero-order valence-electron chi connectivity index (χ0n) is 12.1. The van der Waals surface area contributed by atoms with Crippen LogP contribution in [0, 0.1) is 0 Å². The van der Waals surface area contributed by atoms with E-state index in [1.54, 1.807) is 10.2 Å². The largest absolute Gasteiger partial charge is 0.484 e. The molecule has 23 heavy (non-hydrogen) atoms. The number of benzene rings is 1. The zero-order valence-corrected chi connectivity index (χ0v) is 12.1. The van der Waals surface area contributed by atoms with E-state index in [0.29, 0.717) is 32.1 Å². The van der Waals surface area contributed by atoms with Gasteiger partial charge < -0.3 is 19.7 Å². The molecular formula is C14H15F3N2O4. The number of nitrogens with zero attached hydrogens (tertiary/aromatic N) is 1. The van der Waals surface area contributed by atoms with E-state index in [2.05, 4.69) is 0 Å². The fraction of sp³-hybridized carbons (Fsp3) is 0.429. The van der Waals surface area contributed by atoms with E-state index < -0.39 is 12.1 Å². The number of nitrogens with one attached hydrogen (secondary N) is 1. The Morgan fingerprint density at radius 1 is 1.17 bits per heavy atom. The van der Waals surface area contributed by atoms with Crippen LogP contribution in [-0.4, -0.2) is 55.8 Å². The standard InChI is InChI=1S/C14H15F3N2O4/c15-14(16,17)13(21)18-10-1-3-11(4-2-10)23-9-12(20)19-5-7-22-8-6-19/h1-4H,5-9H2,(H,18,21). The number of alkyl halides is 3. The van der Waals surface area contributed by atoms with Gasteiger partial charge in [0.1, 0.15) is 5.75 Å². The molecule has 1 aromatic carbocycles. The predicted octanol–water partition coefficient (Wildman–Crippen LogP) is 1.42. The van der Waals surface area contributed by atoms with Crippen LogP contribution >= 0.6 is 0 Å². The van der Waals surface area contributed by atoms with Crippen molar-refractivity contribution in [3.8, 4) is 5.75 Å². The molecule has 0 aromatic heterocycles. The van der Waals surface area contributed by atoms with Gasteiger partial charge in [-0.05, 0) is 24.3 Å². The first-order valence-corrected chi connectivity index (χ1v) is 6.83. The number of carbonyl (C=O) groups excluding carboxylic acids is 2. The maximum absolute atomic E-state index is 12.1. The van der Waals surface area contributed by atoms with Crippen LogP contribution in [0.3, 0.4) is 0 Å². The number of amides is 2. The fourth-order valence-corrected chi connectivity index (χ4v) is 1.89. The quantitative estimate of drug-likeness (QED) is 0.906. The number of anilines is 1. The summed E-state index contributed by atoms with van der Waals surface area (Å²) in [5.74, 6) is -1.92. The van der Waals surface area contributed by atoms with Crippen LogP contribution in [-0.2, 0) is 14.3 Å². The number of halogens is 3. The van der Waals surface area contributed by atoms with E-state index in [1.807, 2.05) is 0 Å². The summed E-state index contributed by atoms with van der Waals surface area (Å²) >= 11 is 0. The van der Waals surface area contributed by atoms with E-state index in [1.165, 1.54) is 24.3 Å². The zero-order chi connectivity index (χ0) is 16.9. The van der Waals surface area contributed by atoms with E-state index in [0.717, 1.165) is 0 Å². The summed E-state index contributed by atoms with van der Waals surface area (Å²) in [7, 11) is 0. The van der Waals surface area contributed by atoms with E-state index in [-0.39, 0.29) is 18.2 Å². The fourth-order valence-electron chi connectivity index (χ4n) is 1.89. The normalized spacial score (nSPS) is 15.2. The molecule has 6 nitrogen and oxygen atoms in total. The van der Waals surface area contributed by atoms with E-state index in [9.17, 15) is 22.8 Å². The van der Waals surface area contributed by atoms with E-state index in [4.69, 9.17) is 9.47 Å². The van der Waals surface area contributed by atoms with Crippen molar-refractivity contribution < 1.29 is 32.2 Å². The number of rotatable bonds is 4. The number of hydrogen-bond acceptors (Lipinski definition) is 4. The Morgan fingerprint density at radius 2 is 1.78 bits per heavy atom. The van der Waals surface area contributed by atoms with Crippen molar-refractivity contribution in [2.24, 2.45) is 0 Å². The maximum Gasteiger partial charge on any atom is 0.471 e. The number of ether oxygens (including phenoxy) is 2. The van der Waals surface area contributed by atoms with Crippen LogP contribution < -0.4 is 10.1 Å². The lowest BCUT2D eigenvalue weighted by molar-refractivity contribution is -0.167. The molecule has 1 saturated heterocycles. The number of hydrogen-bond donors (Lipinski definition) is 1. The minimum absolute atomic E-state index is 0.0146. The number of carbonyl (C=O) groups is 2. The van der Waals surface area contributed by atoms with Gasteiger partial charge in [0.25, 0.3) is 5.91 Å². The Hall–Kier alpha value is -2.29. The van der Waals surface area contributed by atoms with Crippen molar-refractivity contribution in [1.29, 1.82) is 0 Å². The van der Waals surface area contributed by atoms with Crippen LogP contribution in [0.5, 0.6) is 5.75 Å². The Labute approximate surface area is 130 Å². The summed E-state index contributed by atoms with van der Waals surface area (Å²) in [5, 5.41) is 1.72. The van der Waals surface area contributed by atoms with Gasteiger partial charge in [-0.3, -0.25) is 9.59 Å². The lowest BCUT2D eigenvalue weighted by Crippen LogP contribution is -2.42. The van der Waals surface area contributed by atoms with Gasteiger partial charge in [0.05, 0.1) is 13.2 Å². The minimum atomic E-state index is -4.94. The Morgan fingerprint density at radius 3 is 2.35 bits per heavy atom. The predicted molar refractivity (Wildman–Crippen MR) is 74.0 cm³/mol. The Balaban J connectivity index is 1.83. The smallest absolute Gasteiger partial charge is 0.471 e. The van der Waals surface area contributed by atoms with Crippen LogP contribution in [0.25, 0.3) is 0 Å². The molecule has 1 N–H and O–H groups in total. The molecule has 0 saturated carbocycles. The average molecular weight is 332 g/mol. The third-order valence-corrected chi connectivity index (χ3v) is 3.10. The molecule has 1 aromatic rings. The van der Waals surface area contributed by atoms with Gasteiger partial charge in [-0.1, -0.05) is 0 Å². The summed E-state index contributed by atoms with van der Waals surface area (Å²) in [5.41, 5.74) is -0.0146. The summed E-state index contributed by atoms with van der Waals surface area (Å²) in [6.45, 7) is 1.81. The molecule has 0 spiro atoms. The van der Waals surface area contributed by atoms with Crippen LogP contribution in [0.2, 0.25) is 0 Å². The second kappa shape index (κ2) is 7.32. The minimum Gasteiger partial charge on any atom is -0.484 e. The topological polar surface area (TPSA) is 67.9 Å². The average Bonchev–Trinajstić information content (AvgIpc) is 2.54. The first-order valence-electron chi connectivity index (χ1n) is 6.83. The van der Waals surface area contributed by atoms with Gasteiger partial charge in [0.2, 0.25) is 0 Å². The molecule has 9 heteroatoms. The first-order chi connectivity index (χ1) is 10.9. The van der Waals surface area contributed by atoms with Crippen molar-refractivity contribution in [3.05, 3.63) is 24.3 Å². The van der Waals surface area contributed by atoms with Crippen molar-refractivity contribution in [3.63, 3.8) is 0 Å². The van der Waals surface area contributed by atoms with Gasteiger partial charge in [0, 0.05) is 18.8 Å². The lowest BCUT2D eigenvalue weighted by atomic mass is 10.3. The third-order valence-electron chi connectivity index (χ3n) is 3.10. The summed E-state index contributed by atoms with van der Waals surface area (Å²) < 4.78 is 46.8. The van der Waals surface area contributed by atoms with Gasteiger partial charge in [0.15, 0.2) is 6.61 Å². The van der Waals surface area contributed by atoms with Crippen LogP contribution in [0.4, 0.5) is 18.9 Å². The molecular weight excluding hydrogens is 317 g/mol. The highest BCUT2D eigenvalue weighted by molar-refractivity contribution is 5.94. The molecule has 0 bridgehead atoms. The molecule has 1 heterocycles. The Bertz CT molecular complexity index is 554. The SMILES string of the molecule is O=C(COc1ccc(NC(=O)C(F)(F)F)cc1)N1CCOCC1. The summed E-state index contributed by atoms with van der Waals surface area (Å²) in [6, 6.07) is 5.27. The maximum atomic E-state index is 12.1. The monoisotopic (exact) mass is 332 g/mol. The second-order valence-electron chi connectivity index (χ2n) is 4.76. The molecule has 0 radical (unpaired) electrons. The number of morpholine rings is 1. The molecule has 1 aliphatic heterocycles. The van der Waals surface area contributed by atoms with Crippen molar-refractivity contribution >= 4 is 17.5 Å². The van der Waals surface area contributed by atoms with Crippen molar-refractivity contribution in [1.82, 2.24) is 4.90 Å². The van der Waals surface area contributed by atoms with Crippen molar-refractivity contribution in [2.45, 2.75) is 6.18 Å². The van der Waals surface area contributed by atoms with Crippen LogP contribution in [0.15, 0.2) is 24.3 Å². The first kappa shape index (κ1) is 17.1. The molecule has 0 atom stereocenters. The summed E-state index contributed by atoms with van der Waals surface area (Å²) in [6.07, 6.45) is -4.94. The van der Waals surface area contributed by atoms with Gasteiger partial charge >= 0.3 is 12.1 Å². The molecule has 126 valence electrons. The highest BCUT2D eigenvalue weighted by Gasteiger charge is 2.38. The van der Waals surface area contributed by atoms with E-state index >= 15 is 0 Å². The molecule has 0 unspecified atom stereocenters. The molecule has 1 fully saturated rings. The second-order valence-corrected chi connectivity index (χ2v) is 4.76. The van der Waals surface area contributed by atoms with Gasteiger partial charge in [-0.15, -0.1) is 0 Å². The van der Waals surface area contributed by atoms with Crippen LogP contribution in [0.1, 0.15) is 0 Å². The highest BCUT2D eigenvalue weighted by atomic mass is 19.4. The van der Waals surface area contributed by atoms with Gasteiger partial charge in [-0.2, -0.15) is 13.2 Å². The molecule has 0 aliphatic carbocycles. The lowest BCUT2D eigenvalue weighted by Gasteiger charge is -2.26. The third kappa shape index (κ3) is 5.13.